The first-order valence-corrected chi connectivity index (χ1v) is 7.98. The third-order valence-corrected chi connectivity index (χ3v) is 3.48. The number of aromatic amines is 1. The van der Waals surface area contributed by atoms with Crippen molar-refractivity contribution in [1.82, 2.24) is 15.6 Å². The molecular formula is C18H18N4O4. The Balaban J connectivity index is 1.64. The van der Waals surface area contributed by atoms with E-state index in [4.69, 9.17) is 9.15 Å². The van der Waals surface area contributed by atoms with Crippen LogP contribution in [-0.4, -0.2) is 34.0 Å². The highest BCUT2D eigenvalue weighted by Crippen LogP contribution is 2.26. The molecule has 2 aromatic heterocycles. The fourth-order valence-electron chi connectivity index (χ4n) is 2.25. The molecule has 0 unspecified atom stereocenters. The number of hydrogen-bond acceptors (Lipinski definition) is 6. The number of phenolic OH excluding ortho intramolecular Hbond substituents is 1. The van der Waals surface area contributed by atoms with Crippen LogP contribution in [0.15, 0.2) is 45.9 Å². The van der Waals surface area contributed by atoms with Gasteiger partial charge in [0, 0.05) is 6.07 Å². The van der Waals surface area contributed by atoms with E-state index in [1.54, 1.807) is 24.3 Å². The zero-order valence-electron chi connectivity index (χ0n) is 14.3. The minimum absolute atomic E-state index is 0.0465. The molecule has 0 saturated carbocycles. The van der Waals surface area contributed by atoms with Crippen LogP contribution in [0.25, 0.3) is 11.5 Å². The molecule has 134 valence electrons. The summed E-state index contributed by atoms with van der Waals surface area (Å²) in [6, 6.07) is 9.98. The van der Waals surface area contributed by atoms with Gasteiger partial charge in [-0.25, -0.2) is 5.43 Å². The number of carbonyl (C=O) groups excluding carboxylic acids is 1. The van der Waals surface area contributed by atoms with Gasteiger partial charge in [-0.3, -0.25) is 9.89 Å². The number of carbonyl (C=O) groups is 1. The number of nitrogens with zero attached hydrogens (tertiary/aromatic N) is 2. The first-order valence-electron chi connectivity index (χ1n) is 7.98. The number of benzene rings is 1. The Kier molecular flexibility index (Phi) is 5.02. The van der Waals surface area contributed by atoms with Crippen molar-refractivity contribution in [2.45, 2.75) is 13.8 Å². The van der Waals surface area contributed by atoms with Crippen LogP contribution in [0, 0.1) is 6.92 Å². The zero-order chi connectivity index (χ0) is 18.5. The molecule has 1 aromatic carbocycles. The van der Waals surface area contributed by atoms with Crippen molar-refractivity contribution in [2.24, 2.45) is 5.10 Å². The number of aryl methyl sites for hydroxylation is 1. The van der Waals surface area contributed by atoms with Gasteiger partial charge in [0.1, 0.15) is 11.5 Å². The molecule has 0 atom stereocenters. The van der Waals surface area contributed by atoms with Gasteiger partial charge in [0.2, 0.25) is 0 Å². The van der Waals surface area contributed by atoms with Crippen molar-refractivity contribution in [1.29, 1.82) is 0 Å². The molecular weight excluding hydrogens is 336 g/mol. The lowest BCUT2D eigenvalue weighted by Crippen LogP contribution is -2.18. The average molecular weight is 354 g/mol. The second-order valence-electron chi connectivity index (χ2n) is 5.44. The summed E-state index contributed by atoms with van der Waals surface area (Å²) in [5.41, 5.74) is 3.86. The molecule has 0 aliphatic rings. The van der Waals surface area contributed by atoms with Crippen LogP contribution in [0.1, 0.15) is 28.7 Å². The number of phenols is 1. The van der Waals surface area contributed by atoms with E-state index in [1.807, 2.05) is 19.9 Å². The van der Waals surface area contributed by atoms with E-state index in [2.05, 4.69) is 20.7 Å². The Labute approximate surface area is 149 Å². The first-order chi connectivity index (χ1) is 12.6. The quantitative estimate of drug-likeness (QED) is 0.465. The van der Waals surface area contributed by atoms with Crippen LogP contribution in [-0.2, 0) is 0 Å². The number of aromatic nitrogens is 2. The molecule has 2 heterocycles. The second-order valence-corrected chi connectivity index (χ2v) is 5.44. The van der Waals surface area contributed by atoms with E-state index in [0.717, 1.165) is 5.76 Å². The standard InChI is InChI=1S/C18H18N4O4/c1-3-25-17-8-12(5-6-15(17)23)10-19-22-18(24)14-9-13(20-21-14)16-7-4-11(2)26-16/h4-10,23H,3H2,1-2H3,(H,20,21)(H,22,24)/b19-10-. The van der Waals surface area contributed by atoms with E-state index in [9.17, 15) is 9.90 Å². The fourth-order valence-corrected chi connectivity index (χ4v) is 2.25. The maximum atomic E-state index is 12.1. The summed E-state index contributed by atoms with van der Waals surface area (Å²) in [5, 5.41) is 20.3. The van der Waals surface area contributed by atoms with Crippen molar-refractivity contribution in [3.8, 4) is 23.0 Å². The van der Waals surface area contributed by atoms with Gasteiger partial charge in [-0.1, -0.05) is 0 Å². The van der Waals surface area contributed by atoms with E-state index in [1.165, 1.54) is 12.3 Å². The summed E-state index contributed by atoms with van der Waals surface area (Å²) in [5.74, 6) is 1.31. The van der Waals surface area contributed by atoms with Crippen LogP contribution in [0.5, 0.6) is 11.5 Å². The summed E-state index contributed by atoms with van der Waals surface area (Å²) in [7, 11) is 0. The molecule has 8 heteroatoms. The lowest BCUT2D eigenvalue weighted by atomic mass is 10.2. The lowest BCUT2D eigenvalue weighted by Gasteiger charge is -2.05. The molecule has 0 aliphatic carbocycles. The highest BCUT2D eigenvalue weighted by Gasteiger charge is 2.12. The minimum Gasteiger partial charge on any atom is -0.504 e. The molecule has 1 amide bonds. The smallest absolute Gasteiger partial charge is 0.291 e. The first kappa shape index (κ1) is 17.3. The topological polar surface area (TPSA) is 113 Å². The molecule has 0 fully saturated rings. The maximum absolute atomic E-state index is 12.1. The Hall–Kier alpha value is -3.55. The number of hydrogen-bond donors (Lipinski definition) is 3. The monoisotopic (exact) mass is 354 g/mol. The van der Waals surface area contributed by atoms with Crippen LogP contribution < -0.4 is 10.2 Å². The lowest BCUT2D eigenvalue weighted by molar-refractivity contribution is 0.0950. The van der Waals surface area contributed by atoms with E-state index < -0.39 is 5.91 Å². The van der Waals surface area contributed by atoms with Crippen molar-refractivity contribution in [3.05, 3.63) is 53.4 Å². The number of furan rings is 1. The number of rotatable bonds is 6. The molecule has 0 spiro atoms. The third kappa shape index (κ3) is 3.92. The van der Waals surface area contributed by atoms with E-state index in [0.29, 0.717) is 29.4 Å². The number of nitrogens with one attached hydrogen (secondary N) is 2. The normalized spacial score (nSPS) is 11.0. The second kappa shape index (κ2) is 7.56. The molecule has 26 heavy (non-hydrogen) atoms. The predicted octanol–water partition coefficient (Wildman–Crippen LogP) is 2.85. The van der Waals surface area contributed by atoms with E-state index in [-0.39, 0.29) is 11.4 Å². The molecule has 3 rings (SSSR count). The van der Waals surface area contributed by atoms with Crippen LogP contribution in [0.3, 0.4) is 0 Å². The fraction of sp³-hybridized carbons (Fsp3) is 0.167. The van der Waals surface area contributed by atoms with Crippen LogP contribution >= 0.6 is 0 Å². The minimum atomic E-state index is -0.462. The maximum Gasteiger partial charge on any atom is 0.291 e. The molecule has 0 radical (unpaired) electrons. The van der Waals surface area contributed by atoms with Gasteiger partial charge in [0.25, 0.3) is 5.91 Å². The van der Waals surface area contributed by atoms with Crippen molar-refractivity contribution >= 4 is 12.1 Å². The van der Waals surface area contributed by atoms with E-state index >= 15 is 0 Å². The highest BCUT2D eigenvalue weighted by molar-refractivity contribution is 5.94. The number of ether oxygens (including phenoxy) is 1. The van der Waals surface area contributed by atoms with Gasteiger partial charge in [-0.2, -0.15) is 10.2 Å². The Morgan fingerprint density at radius 2 is 2.23 bits per heavy atom. The Morgan fingerprint density at radius 1 is 1.38 bits per heavy atom. The third-order valence-electron chi connectivity index (χ3n) is 3.48. The van der Waals surface area contributed by atoms with Crippen LogP contribution in [0.2, 0.25) is 0 Å². The average Bonchev–Trinajstić information content (AvgIpc) is 3.27. The highest BCUT2D eigenvalue weighted by atomic mass is 16.5. The SMILES string of the molecule is CCOc1cc(/C=N\NC(=O)c2cc(-c3ccc(C)o3)[nH]n2)ccc1O. The van der Waals surface area contributed by atoms with Gasteiger partial charge >= 0.3 is 0 Å². The predicted molar refractivity (Wildman–Crippen MR) is 95.4 cm³/mol. The number of amides is 1. The molecule has 0 saturated heterocycles. The molecule has 3 aromatic rings. The van der Waals surface area contributed by atoms with Crippen molar-refractivity contribution in [2.75, 3.05) is 6.61 Å². The van der Waals surface area contributed by atoms with Crippen LogP contribution in [0.4, 0.5) is 0 Å². The summed E-state index contributed by atoms with van der Waals surface area (Å²) in [6.07, 6.45) is 1.45. The summed E-state index contributed by atoms with van der Waals surface area (Å²) >= 11 is 0. The number of aromatic hydroxyl groups is 1. The Bertz CT molecular complexity index is 942. The Morgan fingerprint density at radius 3 is 2.96 bits per heavy atom. The summed E-state index contributed by atoms with van der Waals surface area (Å²) in [6.45, 7) is 4.09. The summed E-state index contributed by atoms with van der Waals surface area (Å²) in [4.78, 5) is 12.1. The van der Waals surface area contributed by atoms with Gasteiger partial charge in [-0.05, 0) is 49.7 Å². The van der Waals surface area contributed by atoms with Gasteiger partial charge < -0.3 is 14.3 Å². The van der Waals surface area contributed by atoms with Gasteiger partial charge in [-0.15, -0.1) is 0 Å². The molecule has 8 nitrogen and oxygen atoms in total. The van der Waals surface area contributed by atoms with Crippen molar-refractivity contribution in [3.63, 3.8) is 0 Å². The van der Waals surface area contributed by atoms with Gasteiger partial charge in [0.15, 0.2) is 23.0 Å². The zero-order valence-corrected chi connectivity index (χ0v) is 14.3. The molecule has 0 bridgehead atoms. The largest absolute Gasteiger partial charge is 0.504 e. The van der Waals surface area contributed by atoms with Gasteiger partial charge in [0.05, 0.1) is 12.8 Å². The molecule has 0 aliphatic heterocycles. The summed E-state index contributed by atoms with van der Waals surface area (Å²) < 4.78 is 10.8. The number of H-pyrrole nitrogens is 1. The van der Waals surface area contributed by atoms with Crippen molar-refractivity contribution < 1.29 is 19.1 Å². The number of hydrazone groups is 1. The molecule has 3 N–H and O–H groups in total.